The molecule has 3 aromatic carbocycles. The number of aliphatic hydroxyl groups is 1. The number of carbonyl (C=O) groups excluding carboxylic acids is 1. The van der Waals surface area contributed by atoms with Crippen LogP contribution < -0.4 is 4.74 Å². The minimum absolute atomic E-state index is 0.0550. The molecule has 0 spiro atoms. The molecule has 1 aliphatic rings. The Kier molecular flexibility index (Phi) is 7.74. The maximum atomic E-state index is 12.7. The van der Waals surface area contributed by atoms with Crippen molar-refractivity contribution in [3.8, 4) is 5.75 Å². The third-order valence-corrected chi connectivity index (χ3v) is 7.69. The number of carbonyl (C=O) groups is 1. The molecule has 1 N–H and O–H groups in total. The molecule has 178 valence electrons. The Labute approximate surface area is 200 Å². The number of aliphatic hydroxyl groups excluding tert-OH is 1. The molecule has 0 aromatic heterocycles. The van der Waals surface area contributed by atoms with E-state index in [1.165, 1.54) is 4.31 Å². The minimum Gasteiger partial charge on any atom is -0.491 e. The van der Waals surface area contributed by atoms with Crippen molar-refractivity contribution in [3.63, 3.8) is 0 Å². The first-order chi connectivity index (χ1) is 16.4. The van der Waals surface area contributed by atoms with Crippen LogP contribution in [0.25, 0.3) is 0 Å². The minimum atomic E-state index is -3.49. The van der Waals surface area contributed by atoms with Gasteiger partial charge in [0.1, 0.15) is 18.5 Å². The van der Waals surface area contributed by atoms with Crippen LogP contribution in [0.2, 0.25) is 0 Å². The first-order valence-corrected chi connectivity index (χ1v) is 12.7. The number of ether oxygens (including phenoxy) is 1. The average molecular weight is 481 g/mol. The van der Waals surface area contributed by atoms with Crippen molar-refractivity contribution in [3.05, 3.63) is 96.1 Å². The second-order valence-corrected chi connectivity index (χ2v) is 10.1. The molecular formula is C26H28N2O5S. The topological polar surface area (TPSA) is 87.2 Å². The molecule has 0 amide bonds. The summed E-state index contributed by atoms with van der Waals surface area (Å²) >= 11 is 0. The van der Waals surface area contributed by atoms with Gasteiger partial charge in [-0.15, -0.1) is 0 Å². The van der Waals surface area contributed by atoms with Crippen molar-refractivity contribution in [2.24, 2.45) is 0 Å². The van der Waals surface area contributed by atoms with Crippen LogP contribution in [0.4, 0.5) is 0 Å². The molecule has 3 aromatic rings. The summed E-state index contributed by atoms with van der Waals surface area (Å²) < 4.78 is 32.7. The summed E-state index contributed by atoms with van der Waals surface area (Å²) in [6.45, 7) is 2.33. The quantitative estimate of drug-likeness (QED) is 0.474. The van der Waals surface area contributed by atoms with Gasteiger partial charge in [0.2, 0.25) is 10.0 Å². The predicted molar refractivity (Wildman–Crippen MR) is 129 cm³/mol. The van der Waals surface area contributed by atoms with Gasteiger partial charge in [-0.1, -0.05) is 48.5 Å². The highest BCUT2D eigenvalue weighted by Crippen LogP contribution is 2.18. The first kappa shape index (κ1) is 24.1. The van der Waals surface area contributed by atoms with Crippen LogP contribution in [-0.2, 0) is 10.0 Å². The molecule has 7 nitrogen and oxygen atoms in total. The molecule has 4 rings (SSSR count). The van der Waals surface area contributed by atoms with Crippen molar-refractivity contribution in [2.75, 3.05) is 39.3 Å². The number of rotatable bonds is 9. The van der Waals surface area contributed by atoms with Crippen LogP contribution in [0.5, 0.6) is 5.75 Å². The maximum absolute atomic E-state index is 12.7. The van der Waals surface area contributed by atoms with E-state index in [0.29, 0.717) is 54.5 Å². The smallest absolute Gasteiger partial charge is 0.243 e. The molecule has 8 heteroatoms. The number of β-amino-alcohol motifs (C(OH)–C–C–N with tert-alkyl or cyclic N) is 1. The Morgan fingerprint density at radius 1 is 0.824 bits per heavy atom. The fourth-order valence-electron chi connectivity index (χ4n) is 3.90. The molecule has 1 atom stereocenters. The highest BCUT2D eigenvalue weighted by Gasteiger charge is 2.28. The molecule has 1 fully saturated rings. The molecule has 1 heterocycles. The summed E-state index contributed by atoms with van der Waals surface area (Å²) in [7, 11) is -3.49. The highest BCUT2D eigenvalue weighted by atomic mass is 32.2. The SMILES string of the molecule is O=C(c1ccccc1)c1ccc(OC[C@H](O)CN2CCN(S(=O)(=O)c3ccccc3)CC2)cc1. The van der Waals surface area contributed by atoms with E-state index in [4.69, 9.17) is 4.74 Å². The van der Waals surface area contributed by atoms with Gasteiger partial charge >= 0.3 is 0 Å². The zero-order valence-electron chi connectivity index (χ0n) is 18.8. The van der Waals surface area contributed by atoms with Crippen molar-refractivity contribution in [1.29, 1.82) is 0 Å². The summed E-state index contributed by atoms with van der Waals surface area (Å²) in [6, 6.07) is 24.4. The number of benzene rings is 3. The summed E-state index contributed by atoms with van der Waals surface area (Å²) in [6.07, 6.45) is -0.720. The van der Waals surface area contributed by atoms with Gasteiger partial charge in [-0.05, 0) is 36.4 Å². The summed E-state index contributed by atoms with van der Waals surface area (Å²) in [5, 5.41) is 10.4. The zero-order chi connectivity index (χ0) is 24.0. The van der Waals surface area contributed by atoms with E-state index in [1.807, 2.05) is 23.1 Å². The lowest BCUT2D eigenvalue weighted by atomic mass is 10.0. The zero-order valence-corrected chi connectivity index (χ0v) is 19.6. The number of ketones is 1. The molecule has 1 aliphatic heterocycles. The number of piperazine rings is 1. The van der Waals surface area contributed by atoms with Crippen LogP contribution in [0.1, 0.15) is 15.9 Å². The fourth-order valence-corrected chi connectivity index (χ4v) is 5.34. The lowest BCUT2D eigenvalue weighted by molar-refractivity contribution is 0.0569. The normalized spacial score (nSPS) is 16.1. The highest BCUT2D eigenvalue weighted by molar-refractivity contribution is 7.89. The second kappa shape index (κ2) is 10.9. The largest absolute Gasteiger partial charge is 0.491 e. The molecule has 0 aliphatic carbocycles. The van der Waals surface area contributed by atoms with Gasteiger partial charge < -0.3 is 9.84 Å². The molecule has 0 unspecified atom stereocenters. The van der Waals surface area contributed by atoms with Crippen LogP contribution in [0, 0.1) is 0 Å². The third kappa shape index (κ3) is 5.90. The van der Waals surface area contributed by atoms with Gasteiger partial charge in [0, 0.05) is 43.9 Å². The molecule has 34 heavy (non-hydrogen) atoms. The predicted octanol–water partition coefficient (Wildman–Crippen LogP) is 2.66. The fraction of sp³-hybridized carbons (Fsp3) is 0.269. The van der Waals surface area contributed by atoms with E-state index in [9.17, 15) is 18.3 Å². The Hall–Kier alpha value is -3.04. The lowest BCUT2D eigenvalue weighted by Gasteiger charge is -2.34. The van der Waals surface area contributed by atoms with Crippen molar-refractivity contribution < 1.29 is 23.1 Å². The van der Waals surface area contributed by atoms with Gasteiger partial charge in [0.25, 0.3) is 0 Å². The van der Waals surface area contributed by atoms with Crippen molar-refractivity contribution in [2.45, 2.75) is 11.0 Å². The number of hydrogen-bond acceptors (Lipinski definition) is 6. The Morgan fingerprint density at radius 2 is 1.38 bits per heavy atom. The van der Waals surface area contributed by atoms with Crippen molar-refractivity contribution >= 4 is 15.8 Å². The van der Waals surface area contributed by atoms with Crippen LogP contribution >= 0.6 is 0 Å². The molecular weight excluding hydrogens is 452 g/mol. The van der Waals surface area contributed by atoms with Crippen LogP contribution in [-0.4, -0.2) is 73.9 Å². The van der Waals surface area contributed by atoms with E-state index >= 15 is 0 Å². The second-order valence-electron chi connectivity index (χ2n) is 8.20. The van der Waals surface area contributed by atoms with Crippen LogP contribution in [0.15, 0.2) is 89.8 Å². The van der Waals surface area contributed by atoms with E-state index in [1.54, 1.807) is 66.7 Å². The van der Waals surface area contributed by atoms with Crippen molar-refractivity contribution in [1.82, 2.24) is 9.21 Å². The molecule has 0 bridgehead atoms. The number of sulfonamides is 1. The third-order valence-electron chi connectivity index (χ3n) is 5.78. The maximum Gasteiger partial charge on any atom is 0.243 e. The standard InChI is InChI=1S/C26H28N2O5S/c29-23(19-27-15-17-28(18-16-27)34(31,32)25-9-5-2-6-10-25)20-33-24-13-11-22(12-14-24)26(30)21-7-3-1-4-8-21/h1-14,23,29H,15-20H2/t23-/m1/s1. The lowest BCUT2D eigenvalue weighted by Crippen LogP contribution is -2.50. The average Bonchev–Trinajstić information content (AvgIpc) is 2.89. The Balaban J connectivity index is 1.23. The molecule has 1 saturated heterocycles. The van der Waals surface area contributed by atoms with Gasteiger partial charge in [0.15, 0.2) is 5.78 Å². The monoisotopic (exact) mass is 480 g/mol. The number of nitrogens with zero attached hydrogens (tertiary/aromatic N) is 2. The van der Waals surface area contributed by atoms with E-state index in [0.717, 1.165) is 0 Å². The van der Waals surface area contributed by atoms with E-state index in [-0.39, 0.29) is 12.4 Å². The Bertz CT molecular complexity index is 1180. The summed E-state index contributed by atoms with van der Waals surface area (Å²) in [5.41, 5.74) is 1.20. The number of hydrogen-bond donors (Lipinski definition) is 1. The summed E-state index contributed by atoms with van der Waals surface area (Å²) in [5.74, 6) is 0.517. The van der Waals surface area contributed by atoms with Crippen LogP contribution in [0.3, 0.4) is 0 Å². The molecule has 0 saturated carbocycles. The first-order valence-electron chi connectivity index (χ1n) is 11.2. The van der Waals surface area contributed by atoms with E-state index in [2.05, 4.69) is 0 Å². The van der Waals surface area contributed by atoms with Gasteiger partial charge in [-0.25, -0.2) is 8.42 Å². The summed E-state index contributed by atoms with van der Waals surface area (Å²) in [4.78, 5) is 14.8. The Morgan fingerprint density at radius 3 is 2.00 bits per heavy atom. The van der Waals surface area contributed by atoms with Gasteiger partial charge in [-0.2, -0.15) is 4.31 Å². The van der Waals surface area contributed by atoms with Gasteiger partial charge in [-0.3, -0.25) is 9.69 Å². The van der Waals surface area contributed by atoms with E-state index < -0.39 is 16.1 Å². The molecule has 0 radical (unpaired) electrons. The van der Waals surface area contributed by atoms with Gasteiger partial charge in [0.05, 0.1) is 4.90 Å².